The molecule has 1 aliphatic heterocycles. The summed E-state index contributed by atoms with van der Waals surface area (Å²) in [6.45, 7) is 1.84. The van der Waals surface area contributed by atoms with Crippen molar-refractivity contribution in [2.24, 2.45) is 0 Å². The fourth-order valence-electron chi connectivity index (χ4n) is 2.22. The molecule has 1 aromatic rings. The van der Waals surface area contributed by atoms with Crippen LogP contribution < -0.4 is 5.32 Å². The second-order valence-corrected chi connectivity index (χ2v) is 5.27. The minimum absolute atomic E-state index is 0.436. The van der Waals surface area contributed by atoms with Crippen molar-refractivity contribution in [3.05, 3.63) is 22.4 Å². The van der Waals surface area contributed by atoms with Gasteiger partial charge >= 0.3 is 0 Å². The van der Waals surface area contributed by atoms with Gasteiger partial charge in [-0.05, 0) is 61.0 Å². The molecule has 0 aromatic carbocycles. The second kappa shape index (κ2) is 5.10. The minimum Gasteiger partial charge on any atom is -0.389 e. The van der Waals surface area contributed by atoms with Gasteiger partial charge in [-0.15, -0.1) is 0 Å². The standard InChI is InChI=1S/C12H19NOS/c14-12(6-2-7-13-10-12)5-1-3-11-4-8-15-9-11/h4,8-9,13-14H,1-3,5-7,10H2. The molecule has 0 bridgehead atoms. The zero-order valence-corrected chi connectivity index (χ0v) is 9.85. The molecule has 1 fully saturated rings. The first-order chi connectivity index (χ1) is 7.29. The number of aliphatic hydroxyl groups is 1. The summed E-state index contributed by atoms with van der Waals surface area (Å²) in [5.41, 5.74) is 0.973. The molecule has 0 spiro atoms. The summed E-state index contributed by atoms with van der Waals surface area (Å²) in [5, 5.41) is 17.8. The SMILES string of the molecule is OC1(CCCc2ccsc2)CCCNC1. The van der Waals surface area contributed by atoms with Crippen LogP contribution in [0.1, 0.15) is 31.2 Å². The number of piperidine rings is 1. The smallest absolute Gasteiger partial charge is 0.0772 e. The lowest BCUT2D eigenvalue weighted by Crippen LogP contribution is -2.45. The molecule has 2 heterocycles. The van der Waals surface area contributed by atoms with Gasteiger partial charge in [-0.2, -0.15) is 11.3 Å². The quantitative estimate of drug-likeness (QED) is 0.823. The van der Waals surface area contributed by atoms with E-state index in [1.165, 1.54) is 5.56 Å². The van der Waals surface area contributed by atoms with Crippen LogP contribution >= 0.6 is 11.3 Å². The van der Waals surface area contributed by atoms with Crippen LogP contribution in [0, 0.1) is 0 Å². The molecule has 15 heavy (non-hydrogen) atoms. The molecule has 1 saturated heterocycles. The molecule has 3 heteroatoms. The summed E-state index contributed by atoms with van der Waals surface area (Å²) >= 11 is 1.75. The molecule has 1 unspecified atom stereocenters. The van der Waals surface area contributed by atoms with Crippen molar-refractivity contribution in [1.29, 1.82) is 0 Å². The maximum atomic E-state index is 10.2. The van der Waals surface area contributed by atoms with E-state index in [9.17, 15) is 5.11 Å². The van der Waals surface area contributed by atoms with E-state index < -0.39 is 5.60 Å². The first kappa shape index (κ1) is 11.1. The van der Waals surface area contributed by atoms with E-state index in [-0.39, 0.29) is 0 Å². The van der Waals surface area contributed by atoms with Crippen molar-refractivity contribution >= 4 is 11.3 Å². The lowest BCUT2D eigenvalue weighted by atomic mass is 9.88. The highest BCUT2D eigenvalue weighted by Gasteiger charge is 2.28. The number of β-amino-alcohol motifs (C(OH)–C–C–N with tert-alkyl or cyclic N) is 1. The van der Waals surface area contributed by atoms with Crippen molar-refractivity contribution in [2.75, 3.05) is 13.1 Å². The fraction of sp³-hybridized carbons (Fsp3) is 0.667. The monoisotopic (exact) mass is 225 g/mol. The van der Waals surface area contributed by atoms with E-state index in [1.807, 2.05) is 0 Å². The molecule has 0 amide bonds. The van der Waals surface area contributed by atoms with E-state index in [0.29, 0.717) is 0 Å². The third-order valence-electron chi connectivity index (χ3n) is 3.14. The molecule has 1 aliphatic rings. The Balaban J connectivity index is 1.72. The Labute approximate surface area is 95.3 Å². The Morgan fingerprint density at radius 2 is 2.47 bits per heavy atom. The van der Waals surface area contributed by atoms with E-state index in [2.05, 4.69) is 22.1 Å². The van der Waals surface area contributed by atoms with E-state index in [4.69, 9.17) is 0 Å². The number of thiophene rings is 1. The zero-order chi connectivity index (χ0) is 10.6. The number of nitrogens with one attached hydrogen (secondary N) is 1. The van der Waals surface area contributed by atoms with Gasteiger partial charge in [0.15, 0.2) is 0 Å². The Hall–Kier alpha value is -0.380. The van der Waals surface area contributed by atoms with Crippen molar-refractivity contribution in [3.63, 3.8) is 0 Å². The third kappa shape index (κ3) is 3.30. The highest BCUT2D eigenvalue weighted by atomic mass is 32.1. The van der Waals surface area contributed by atoms with Crippen LogP contribution in [-0.4, -0.2) is 23.8 Å². The predicted octanol–water partition coefficient (Wildman–Crippen LogP) is 2.19. The number of aryl methyl sites for hydroxylation is 1. The third-order valence-corrected chi connectivity index (χ3v) is 3.87. The molecule has 0 aliphatic carbocycles. The van der Waals surface area contributed by atoms with Gasteiger partial charge in [0.25, 0.3) is 0 Å². The molecule has 0 saturated carbocycles. The summed E-state index contributed by atoms with van der Waals surface area (Å²) in [4.78, 5) is 0. The van der Waals surface area contributed by atoms with Gasteiger partial charge in [0.2, 0.25) is 0 Å². The summed E-state index contributed by atoms with van der Waals surface area (Å²) in [6, 6.07) is 2.17. The first-order valence-corrected chi connectivity index (χ1v) is 6.67. The van der Waals surface area contributed by atoms with Gasteiger partial charge in [0.05, 0.1) is 5.60 Å². The summed E-state index contributed by atoms with van der Waals surface area (Å²) in [6.07, 6.45) is 5.19. The predicted molar refractivity (Wildman–Crippen MR) is 64.3 cm³/mol. The van der Waals surface area contributed by atoms with Gasteiger partial charge < -0.3 is 10.4 Å². The van der Waals surface area contributed by atoms with Crippen LogP contribution in [0.4, 0.5) is 0 Å². The van der Waals surface area contributed by atoms with Crippen LogP contribution in [0.15, 0.2) is 16.8 Å². The molecule has 2 rings (SSSR count). The van der Waals surface area contributed by atoms with Gasteiger partial charge in [-0.25, -0.2) is 0 Å². The Morgan fingerprint density at radius 3 is 3.13 bits per heavy atom. The normalized spacial score (nSPS) is 26.7. The minimum atomic E-state index is -0.436. The average Bonchev–Trinajstić information content (AvgIpc) is 2.71. The van der Waals surface area contributed by atoms with E-state index in [0.717, 1.165) is 45.2 Å². The van der Waals surface area contributed by atoms with Gasteiger partial charge in [-0.1, -0.05) is 0 Å². The van der Waals surface area contributed by atoms with Crippen molar-refractivity contribution in [2.45, 2.75) is 37.7 Å². The molecule has 2 nitrogen and oxygen atoms in total. The summed E-state index contributed by atoms with van der Waals surface area (Å²) < 4.78 is 0. The molecule has 2 N–H and O–H groups in total. The van der Waals surface area contributed by atoms with Gasteiger partial charge in [0, 0.05) is 6.54 Å². The second-order valence-electron chi connectivity index (χ2n) is 4.49. The highest BCUT2D eigenvalue weighted by Crippen LogP contribution is 2.22. The van der Waals surface area contributed by atoms with Gasteiger partial charge in [-0.3, -0.25) is 0 Å². The lowest BCUT2D eigenvalue weighted by Gasteiger charge is -2.32. The highest BCUT2D eigenvalue weighted by molar-refractivity contribution is 7.07. The Bertz CT molecular complexity index is 278. The van der Waals surface area contributed by atoms with Crippen molar-refractivity contribution in [3.8, 4) is 0 Å². The molecular weight excluding hydrogens is 206 g/mol. The molecule has 0 radical (unpaired) electrons. The van der Waals surface area contributed by atoms with Crippen LogP contribution in [0.3, 0.4) is 0 Å². The van der Waals surface area contributed by atoms with E-state index >= 15 is 0 Å². The average molecular weight is 225 g/mol. The number of rotatable bonds is 4. The van der Waals surface area contributed by atoms with Crippen LogP contribution in [0.5, 0.6) is 0 Å². The first-order valence-electron chi connectivity index (χ1n) is 5.73. The summed E-state index contributed by atoms with van der Waals surface area (Å²) in [7, 11) is 0. The number of hydrogen-bond acceptors (Lipinski definition) is 3. The fourth-order valence-corrected chi connectivity index (χ4v) is 2.92. The lowest BCUT2D eigenvalue weighted by molar-refractivity contribution is 0.00697. The Morgan fingerprint density at radius 1 is 1.53 bits per heavy atom. The Kier molecular flexibility index (Phi) is 3.78. The van der Waals surface area contributed by atoms with Crippen LogP contribution in [-0.2, 0) is 6.42 Å². The topological polar surface area (TPSA) is 32.3 Å². The molecule has 84 valence electrons. The van der Waals surface area contributed by atoms with Crippen molar-refractivity contribution < 1.29 is 5.11 Å². The molecular formula is C12H19NOS. The van der Waals surface area contributed by atoms with Crippen LogP contribution in [0.25, 0.3) is 0 Å². The van der Waals surface area contributed by atoms with Crippen molar-refractivity contribution in [1.82, 2.24) is 5.32 Å². The van der Waals surface area contributed by atoms with Crippen LogP contribution in [0.2, 0.25) is 0 Å². The molecule has 1 aromatic heterocycles. The maximum absolute atomic E-state index is 10.2. The molecule has 1 atom stereocenters. The largest absolute Gasteiger partial charge is 0.389 e. The zero-order valence-electron chi connectivity index (χ0n) is 9.04. The summed E-state index contributed by atoms with van der Waals surface area (Å²) in [5.74, 6) is 0. The maximum Gasteiger partial charge on any atom is 0.0772 e. The van der Waals surface area contributed by atoms with E-state index in [1.54, 1.807) is 11.3 Å². The van der Waals surface area contributed by atoms with Gasteiger partial charge in [0.1, 0.15) is 0 Å². The number of hydrogen-bond donors (Lipinski definition) is 2.